The summed E-state index contributed by atoms with van der Waals surface area (Å²) < 4.78 is 46.3. The van der Waals surface area contributed by atoms with Gasteiger partial charge in [0.1, 0.15) is 46.7 Å². The van der Waals surface area contributed by atoms with E-state index in [2.05, 4.69) is 51.8 Å². The Kier molecular flexibility index (Phi) is 13.3. The van der Waals surface area contributed by atoms with Crippen LogP contribution in [0.4, 0.5) is 18.8 Å². The Morgan fingerprint density at radius 2 is 0.875 bits per heavy atom. The van der Waals surface area contributed by atoms with E-state index in [9.17, 15) is 47.5 Å². The first-order valence-electron chi connectivity index (χ1n) is 26.8. The topological polar surface area (TPSA) is 354 Å². The van der Waals surface area contributed by atoms with Crippen LogP contribution in [-0.2, 0) is 50.6 Å². The van der Waals surface area contributed by atoms with Gasteiger partial charge < -0.3 is 58.1 Å². The van der Waals surface area contributed by atoms with Gasteiger partial charge in [-0.3, -0.25) is 44.7 Å². The molecule has 3 saturated heterocycles. The van der Waals surface area contributed by atoms with Gasteiger partial charge in [-0.15, -0.1) is 0 Å². The Balaban J connectivity index is 0.000000122. The smallest absolute Gasteiger partial charge is 0.322 e. The normalized spacial score (nSPS) is 20.6. The predicted molar refractivity (Wildman–Crippen MR) is 298 cm³/mol. The Hall–Kier alpha value is -11.8. The summed E-state index contributed by atoms with van der Waals surface area (Å²) in [5.74, 6) is -1.11. The van der Waals surface area contributed by atoms with E-state index >= 15 is 0 Å². The highest BCUT2D eigenvalue weighted by Crippen LogP contribution is 2.39. The zero-order valence-electron chi connectivity index (χ0n) is 46.3. The largest absolute Gasteiger partial charge is 0.497 e. The number of nitrogens with zero attached hydrogens (tertiary/aromatic N) is 7. The van der Waals surface area contributed by atoms with Gasteiger partial charge in [0, 0.05) is 59.5 Å². The van der Waals surface area contributed by atoms with Crippen molar-refractivity contribution in [3.8, 4) is 17.2 Å². The molecule has 0 bridgehead atoms. The van der Waals surface area contributed by atoms with Crippen LogP contribution in [0.3, 0.4) is 0 Å². The third-order valence-electron chi connectivity index (χ3n) is 15.8. The van der Waals surface area contributed by atoms with Crippen molar-refractivity contribution < 1.29 is 75.0 Å². The number of imide groups is 3. The average Bonchev–Trinajstić information content (AvgIpc) is 1.80. The summed E-state index contributed by atoms with van der Waals surface area (Å²) in [6, 6.07) is 23.1. The molecule has 6 aliphatic rings. The maximum Gasteiger partial charge on any atom is 0.322 e. The van der Waals surface area contributed by atoms with Crippen molar-refractivity contribution in [2.45, 2.75) is 36.3 Å². The number of amides is 12. The van der Waals surface area contributed by atoms with E-state index in [4.69, 9.17) is 27.5 Å². The molecule has 0 unspecified atom stereocenters. The van der Waals surface area contributed by atoms with Crippen molar-refractivity contribution in [2.75, 3.05) is 41.0 Å². The van der Waals surface area contributed by atoms with Crippen LogP contribution in [0.2, 0.25) is 0 Å². The molecule has 0 aliphatic carbocycles. The van der Waals surface area contributed by atoms with Crippen molar-refractivity contribution in [3.63, 3.8) is 0 Å². The molecule has 88 heavy (non-hydrogen) atoms. The van der Waals surface area contributed by atoms with E-state index in [-0.39, 0.29) is 72.6 Å². The molecule has 29 heteroatoms. The molecule has 3 aromatic carbocycles. The van der Waals surface area contributed by atoms with Gasteiger partial charge in [-0.2, -0.15) is 0 Å². The maximum atomic E-state index is 13.5. The summed E-state index contributed by atoms with van der Waals surface area (Å²) in [5, 5.41) is 16.1. The summed E-state index contributed by atoms with van der Waals surface area (Å²) in [4.78, 5) is 134. The summed E-state index contributed by atoms with van der Waals surface area (Å²) in [6.07, 6.45) is 5.43. The fourth-order valence-corrected chi connectivity index (χ4v) is 11.4. The molecule has 6 aliphatic heterocycles. The zero-order valence-corrected chi connectivity index (χ0v) is 46.3. The van der Waals surface area contributed by atoms with Crippen LogP contribution in [-0.4, -0.2) is 129 Å². The lowest BCUT2D eigenvalue weighted by Crippen LogP contribution is -2.52. The van der Waals surface area contributed by atoms with Crippen molar-refractivity contribution in [3.05, 3.63) is 172 Å². The van der Waals surface area contributed by atoms with E-state index in [1.807, 2.05) is 12.1 Å². The van der Waals surface area contributed by atoms with Gasteiger partial charge >= 0.3 is 18.1 Å². The highest BCUT2D eigenvalue weighted by molar-refractivity contribution is 6.10. The van der Waals surface area contributed by atoms with E-state index < -0.39 is 58.2 Å². The molecule has 0 radical (unpaired) electrons. The number of halogens is 1. The number of carbonyl (C=O) groups excluding carboxylic acids is 9. The molecular weight excluding hydrogens is 1150 g/mol. The van der Waals surface area contributed by atoms with Gasteiger partial charge in [0.2, 0.25) is 17.1 Å². The lowest BCUT2D eigenvalue weighted by atomic mass is 9.95. The number of fused-ring (bicyclic) bond motifs is 6. The molecular formula is C59H46FN13O15. The minimum Gasteiger partial charge on any atom is -0.497 e. The van der Waals surface area contributed by atoms with Crippen LogP contribution in [0.1, 0.15) is 65.0 Å². The highest BCUT2D eigenvalue weighted by Gasteiger charge is 2.56. The van der Waals surface area contributed by atoms with Crippen LogP contribution < -0.4 is 46.1 Å². The number of furan rings is 3. The number of hydrogen-bond acceptors (Lipinski definition) is 19. The number of nitrogens with one attached hydrogen (secondary N) is 6. The minimum atomic E-state index is -1.67. The van der Waals surface area contributed by atoms with Gasteiger partial charge in [-0.1, -0.05) is 18.2 Å². The summed E-state index contributed by atoms with van der Waals surface area (Å²) in [6.45, 7) is 0.484. The predicted octanol–water partition coefficient (Wildman–Crippen LogP) is 4.12. The number of hydrogen-bond donors (Lipinski definition) is 6. The third-order valence-corrected chi connectivity index (χ3v) is 15.8. The summed E-state index contributed by atoms with van der Waals surface area (Å²) in [7, 11) is 4.56. The molecule has 12 heterocycles. The summed E-state index contributed by atoms with van der Waals surface area (Å²) >= 11 is 0. The second kappa shape index (κ2) is 21.1. The zero-order chi connectivity index (χ0) is 61.4. The van der Waals surface area contributed by atoms with Crippen molar-refractivity contribution in [1.82, 2.24) is 66.5 Å². The molecule has 0 saturated carbocycles. The van der Waals surface area contributed by atoms with Gasteiger partial charge in [-0.25, -0.2) is 38.7 Å². The number of pyridine rings is 2. The second-order valence-corrected chi connectivity index (χ2v) is 21.1. The fraction of sp³-hybridized carbons (Fsp3) is 0.203. The van der Waals surface area contributed by atoms with Crippen LogP contribution in [0.5, 0.6) is 17.2 Å². The number of ether oxygens (including phenoxy) is 3. The molecule has 3 atom stereocenters. The quantitative estimate of drug-likeness (QED) is 0.0937. The molecule has 9 aromatic rings. The second-order valence-electron chi connectivity index (χ2n) is 21.1. The van der Waals surface area contributed by atoms with Crippen LogP contribution in [0, 0.1) is 5.82 Å². The van der Waals surface area contributed by atoms with Gasteiger partial charge in [0.25, 0.3) is 35.4 Å². The molecule has 0 spiro atoms. The van der Waals surface area contributed by atoms with Crippen molar-refractivity contribution >= 4 is 86.8 Å². The molecule has 444 valence electrons. The minimum absolute atomic E-state index is 0.0558. The first kappa shape index (κ1) is 55.4. The number of aromatic nitrogens is 4. The lowest BCUT2D eigenvalue weighted by Gasteiger charge is -2.28. The Morgan fingerprint density at radius 1 is 0.477 bits per heavy atom. The molecule has 3 fully saturated rings. The van der Waals surface area contributed by atoms with E-state index in [1.165, 1.54) is 54.5 Å². The van der Waals surface area contributed by atoms with Crippen LogP contribution in [0.25, 0.3) is 33.3 Å². The summed E-state index contributed by atoms with van der Waals surface area (Å²) in [5.41, 5.74) is -0.170. The van der Waals surface area contributed by atoms with Crippen LogP contribution in [0.15, 0.2) is 129 Å². The van der Waals surface area contributed by atoms with E-state index in [1.54, 1.807) is 79.1 Å². The standard InChI is InChI=1S/C20H15FN4O5.C20H16N4O5.C19H15N5O5/c1-29-13-3-2-10-8-25(17(26)14(10)6-13)9-20(18(27)23-19(28)24-20)15-5-11-4-12(21)7-22-16(11)30-15;1-28-13-5-4-12-9-24(17(25)14(12)8-13)10-20(18(26)22-19(27)23-20)15-7-11-3-2-6-21-16(11)29-15;1-28-12-3-2-10-7-24(16(25)13(10)5-12)8-19(17(26)22-18(27)23-19)14-4-11-6-20-9-21-15(11)29-14/h2-7H,8-9H2,1H3,(H2,23,24,27,28);2-8H,9-10H2,1H3,(H2,22,23,26,27);2-6,9H,7-8H2,1H3,(H2,22,23,26,27)/t2*20-;19-/m000/s1. The molecule has 6 N–H and O–H groups in total. The SMILES string of the molecule is COc1ccc2c(c1)C(=O)N(C[C@@]1(c3cc4cc(F)cnc4o3)NC(=O)NC1=O)C2.COc1ccc2c(c1)C(=O)N(C[C@@]1(c3cc4cccnc4o3)NC(=O)NC1=O)C2.COc1ccc2c(c1)C(=O)N(C[C@@]1(c3cc4cncnc4o3)NC(=O)NC1=O)C2. The lowest BCUT2D eigenvalue weighted by molar-refractivity contribution is -0.126. The number of rotatable bonds is 12. The Bertz CT molecular complexity index is 4260. The Labute approximate surface area is 493 Å². The first-order valence-corrected chi connectivity index (χ1v) is 26.8. The Morgan fingerprint density at radius 3 is 1.26 bits per heavy atom. The van der Waals surface area contributed by atoms with Gasteiger partial charge in [0.15, 0.2) is 16.6 Å². The third kappa shape index (κ3) is 9.36. The van der Waals surface area contributed by atoms with Crippen molar-refractivity contribution in [2.24, 2.45) is 0 Å². The number of benzene rings is 3. The van der Waals surface area contributed by atoms with Gasteiger partial charge in [-0.05, 0) is 89.5 Å². The highest BCUT2D eigenvalue weighted by atomic mass is 19.1. The monoisotopic (exact) mass is 1200 g/mol. The van der Waals surface area contributed by atoms with Gasteiger partial charge in [0.05, 0.1) is 52.5 Å². The van der Waals surface area contributed by atoms with E-state index in [0.717, 1.165) is 22.9 Å². The molecule has 6 aromatic heterocycles. The number of carbonyl (C=O) groups is 9. The number of urea groups is 3. The first-order chi connectivity index (χ1) is 42.4. The molecule has 15 rings (SSSR count). The number of methoxy groups -OCH3 is 3. The van der Waals surface area contributed by atoms with Crippen molar-refractivity contribution in [1.29, 1.82) is 0 Å². The molecule has 12 amide bonds. The van der Waals surface area contributed by atoms with E-state index in [0.29, 0.717) is 68.9 Å². The molecule has 28 nitrogen and oxygen atoms in total. The average molecular weight is 1200 g/mol. The fourth-order valence-electron chi connectivity index (χ4n) is 11.4. The maximum absolute atomic E-state index is 13.5. The van der Waals surface area contributed by atoms with Crippen LogP contribution >= 0.6 is 0 Å².